The van der Waals surface area contributed by atoms with Crippen LogP contribution in [0.1, 0.15) is 67.2 Å². The number of carbonyl (C=O) groups excluding carboxylic acids is 4. The molecule has 0 aromatic rings. The van der Waals surface area contributed by atoms with E-state index in [1.807, 2.05) is 13.8 Å². The Morgan fingerprint density at radius 2 is 1.70 bits per heavy atom. The molecule has 0 bridgehead atoms. The first-order valence-electron chi connectivity index (χ1n) is 10.6. The van der Waals surface area contributed by atoms with Crippen LogP contribution in [-0.4, -0.2) is 49.6 Å². The maximum Gasteiger partial charge on any atom is 0.328 e. The average Bonchev–Trinajstić information content (AvgIpc) is 2.70. The largest absolute Gasteiger partial charge is 0.464 e. The summed E-state index contributed by atoms with van der Waals surface area (Å²) < 4.78 is 9.90. The summed E-state index contributed by atoms with van der Waals surface area (Å²) in [4.78, 5) is 46.9. The van der Waals surface area contributed by atoms with Gasteiger partial charge in [0.25, 0.3) is 12.4 Å². The van der Waals surface area contributed by atoms with Gasteiger partial charge in [-0.05, 0) is 24.7 Å². The molecule has 0 rings (SSSR count). The molecule has 0 spiro atoms. The number of carbonyl (C=O) groups is 4. The molecule has 0 aliphatic carbocycles. The molecule has 0 fully saturated rings. The van der Waals surface area contributed by atoms with Gasteiger partial charge < -0.3 is 20.1 Å². The summed E-state index contributed by atoms with van der Waals surface area (Å²) in [6.07, 6.45) is 3.65. The Hall–Kier alpha value is -2.38. The lowest BCUT2D eigenvalue weighted by atomic mass is 10.0. The molecule has 0 heterocycles. The molecular weight excluding hydrogens is 388 g/mol. The van der Waals surface area contributed by atoms with E-state index in [0.717, 1.165) is 6.42 Å². The third-order valence-electron chi connectivity index (χ3n) is 4.05. The Morgan fingerprint density at radius 3 is 2.17 bits per heavy atom. The van der Waals surface area contributed by atoms with E-state index in [4.69, 9.17) is 9.47 Å². The van der Waals surface area contributed by atoms with Gasteiger partial charge in [0, 0.05) is 0 Å². The topological polar surface area (TPSA) is 111 Å². The van der Waals surface area contributed by atoms with E-state index in [2.05, 4.69) is 31.1 Å². The minimum atomic E-state index is -0.949. The van der Waals surface area contributed by atoms with Crippen molar-refractivity contribution in [3.63, 3.8) is 0 Å². The van der Waals surface area contributed by atoms with Crippen molar-refractivity contribution in [1.82, 2.24) is 10.6 Å². The van der Waals surface area contributed by atoms with E-state index in [1.165, 1.54) is 6.42 Å². The molecule has 2 amide bonds. The molecule has 3 unspecified atom stereocenters. The van der Waals surface area contributed by atoms with Crippen LogP contribution >= 0.6 is 0 Å². The number of ether oxygens (including phenoxy) is 2. The molecular formula is C22H40N2O6. The molecule has 8 nitrogen and oxygen atoms in total. The lowest BCUT2D eigenvalue weighted by molar-refractivity contribution is -0.149. The molecule has 0 aliphatic heterocycles. The maximum absolute atomic E-state index is 12.1. The second-order valence-corrected chi connectivity index (χ2v) is 7.43. The van der Waals surface area contributed by atoms with E-state index in [0.29, 0.717) is 12.8 Å². The predicted molar refractivity (Wildman–Crippen MR) is 117 cm³/mol. The SMILES string of the molecule is C=CCCOC(=O)C(NC(=O)CNC(=O)C(CC(C)CC)OC=O)C(C)C.CCC. The van der Waals surface area contributed by atoms with Crippen molar-refractivity contribution in [2.75, 3.05) is 13.2 Å². The van der Waals surface area contributed by atoms with Crippen LogP contribution in [-0.2, 0) is 28.7 Å². The number of hydrogen-bond donors (Lipinski definition) is 2. The van der Waals surface area contributed by atoms with Crippen LogP contribution in [0.2, 0.25) is 0 Å². The first kappa shape index (κ1) is 29.8. The molecule has 2 N–H and O–H groups in total. The summed E-state index contributed by atoms with van der Waals surface area (Å²) in [5.74, 6) is -1.61. The molecule has 0 saturated heterocycles. The maximum atomic E-state index is 12.1. The normalized spacial score (nSPS) is 13.0. The van der Waals surface area contributed by atoms with Gasteiger partial charge in [0.2, 0.25) is 5.91 Å². The lowest BCUT2D eigenvalue weighted by Crippen LogP contribution is -2.50. The molecule has 0 aromatic heterocycles. The molecule has 0 saturated carbocycles. The highest BCUT2D eigenvalue weighted by Crippen LogP contribution is 2.12. The van der Waals surface area contributed by atoms with Gasteiger partial charge >= 0.3 is 5.97 Å². The van der Waals surface area contributed by atoms with Gasteiger partial charge in [-0.2, -0.15) is 0 Å². The van der Waals surface area contributed by atoms with Crippen molar-refractivity contribution in [1.29, 1.82) is 0 Å². The van der Waals surface area contributed by atoms with Crippen LogP contribution < -0.4 is 10.6 Å². The smallest absolute Gasteiger partial charge is 0.328 e. The average molecular weight is 429 g/mol. The van der Waals surface area contributed by atoms with E-state index >= 15 is 0 Å². The van der Waals surface area contributed by atoms with Crippen LogP contribution in [0.15, 0.2) is 12.7 Å². The van der Waals surface area contributed by atoms with Crippen molar-refractivity contribution in [3.05, 3.63) is 12.7 Å². The van der Waals surface area contributed by atoms with Crippen molar-refractivity contribution in [2.45, 2.75) is 79.4 Å². The van der Waals surface area contributed by atoms with E-state index in [-0.39, 0.29) is 31.5 Å². The third-order valence-corrected chi connectivity index (χ3v) is 4.05. The van der Waals surface area contributed by atoms with Crippen LogP contribution in [0.4, 0.5) is 0 Å². The van der Waals surface area contributed by atoms with Gasteiger partial charge in [-0.1, -0.05) is 60.5 Å². The standard InChI is InChI=1S/C19H32N2O6.C3H8/c1-6-8-9-26-19(25)17(13(3)4)21-16(23)11-20-18(24)15(27-12-22)10-14(5)7-2;1-3-2/h6,12-15,17H,1,7-11H2,2-5H3,(H,20,24)(H,21,23);3H2,1-2H3. The fraction of sp³-hybridized carbons (Fsp3) is 0.727. The van der Waals surface area contributed by atoms with Crippen LogP contribution in [0.3, 0.4) is 0 Å². The number of nitrogens with one attached hydrogen (secondary N) is 2. The number of hydrogen-bond acceptors (Lipinski definition) is 6. The summed E-state index contributed by atoms with van der Waals surface area (Å²) >= 11 is 0. The van der Waals surface area contributed by atoms with E-state index in [1.54, 1.807) is 19.9 Å². The highest BCUT2D eigenvalue weighted by atomic mass is 16.5. The highest BCUT2D eigenvalue weighted by molar-refractivity contribution is 5.89. The van der Waals surface area contributed by atoms with Gasteiger partial charge in [0.05, 0.1) is 13.2 Å². The molecule has 0 aromatic carbocycles. The first-order valence-corrected chi connectivity index (χ1v) is 10.6. The van der Waals surface area contributed by atoms with Gasteiger partial charge in [0.15, 0.2) is 6.10 Å². The minimum Gasteiger partial charge on any atom is -0.464 e. The zero-order valence-electron chi connectivity index (χ0n) is 19.4. The highest BCUT2D eigenvalue weighted by Gasteiger charge is 2.27. The van der Waals surface area contributed by atoms with Crippen LogP contribution in [0.5, 0.6) is 0 Å². The summed E-state index contributed by atoms with van der Waals surface area (Å²) in [5.41, 5.74) is 0. The fourth-order valence-corrected chi connectivity index (χ4v) is 2.16. The van der Waals surface area contributed by atoms with E-state index in [9.17, 15) is 19.2 Å². The van der Waals surface area contributed by atoms with Gasteiger partial charge in [-0.3, -0.25) is 14.4 Å². The zero-order chi connectivity index (χ0) is 23.5. The monoisotopic (exact) mass is 428 g/mol. The van der Waals surface area contributed by atoms with Crippen molar-refractivity contribution < 1.29 is 28.7 Å². The van der Waals surface area contributed by atoms with Gasteiger partial charge in [-0.15, -0.1) is 6.58 Å². The molecule has 0 aliphatic rings. The molecule has 30 heavy (non-hydrogen) atoms. The Kier molecular flexibility index (Phi) is 18.5. The zero-order valence-corrected chi connectivity index (χ0v) is 19.4. The Bertz CT molecular complexity index is 522. The molecule has 174 valence electrons. The molecule has 8 heteroatoms. The number of amides is 2. The van der Waals surface area contributed by atoms with E-state index < -0.39 is 29.9 Å². The fourth-order valence-electron chi connectivity index (χ4n) is 2.16. The Morgan fingerprint density at radius 1 is 1.10 bits per heavy atom. The van der Waals surface area contributed by atoms with Crippen LogP contribution in [0, 0.1) is 11.8 Å². The van der Waals surface area contributed by atoms with Crippen molar-refractivity contribution in [2.24, 2.45) is 11.8 Å². The second kappa shape index (κ2) is 18.6. The Labute approximate surface area is 181 Å². The predicted octanol–water partition coefficient (Wildman–Crippen LogP) is 2.76. The quantitative estimate of drug-likeness (QED) is 0.190. The van der Waals surface area contributed by atoms with Crippen molar-refractivity contribution >= 4 is 24.3 Å². The second-order valence-electron chi connectivity index (χ2n) is 7.43. The van der Waals surface area contributed by atoms with Gasteiger partial charge in [-0.25, -0.2) is 4.79 Å². The van der Waals surface area contributed by atoms with Gasteiger partial charge in [0.1, 0.15) is 6.04 Å². The minimum absolute atomic E-state index is 0.183. The lowest BCUT2D eigenvalue weighted by Gasteiger charge is -2.21. The number of esters is 1. The summed E-state index contributed by atoms with van der Waals surface area (Å²) in [6.45, 7) is 15.3. The molecule has 3 atom stereocenters. The third kappa shape index (κ3) is 14.6. The molecule has 0 radical (unpaired) electrons. The summed E-state index contributed by atoms with van der Waals surface area (Å²) in [5, 5.41) is 4.99. The van der Waals surface area contributed by atoms with Crippen LogP contribution in [0.25, 0.3) is 0 Å². The summed E-state index contributed by atoms with van der Waals surface area (Å²) in [7, 11) is 0. The van der Waals surface area contributed by atoms with Crippen molar-refractivity contribution in [3.8, 4) is 0 Å². The number of rotatable bonds is 14. The Balaban J connectivity index is 0. The first-order chi connectivity index (χ1) is 14.2. The summed E-state index contributed by atoms with van der Waals surface area (Å²) in [6, 6.07) is -0.818.